The number of carboxylic acid groups (broad SMARTS) is 1. The highest BCUT2D eigenvalue weighted by Crippen LogP contribution is 2.41. The van der Waals surface area contributed by atoms with Crippen LogP contribution in [0.3, 0.4) is 0 Å². The van der Waals surface area contributed by atoms with Crippen molar-refractivity contribution in [3.63, 3.8) is 0 Å². The molecule has 0 aromatic rings. The van der Waals surface area contributed by atoms with E-state index < -0.39 is 5.97 Å². The van der Waals surface area contributed by atoms with Gasteiger partial charge in [-0.25, -0.2) is 0 Å². The van der Waals surface area contributed by atoms with Crippen LogP contribution < -0.4 is 0 Å². The van der Waals surface area contributed by atoms with Crippen molar-refractivity contribution in [1.29, 1.82) is 0 Å². The molecule has 2 atom stereocenters. The number of hydrogen-bond acceptors (Lipinski definition) is 2. The summed E-state index contributed by atoms with van der Waals surface area (Å²) in [5, 5.41) is 9.00. The molecule has 3 aliphatic rings. The van der Waals surface area contributed by atoms with E-state index in [9.17, 15) is 4.79 Å². The van der Waals surface area contributed by atoms with E-state index in [-0.39, 0.29) is 0 Å². The molecule has 114 valence electrons. The Morgan fingerprint density at radius 1 is 1.00 bits per heavy atom. The fourth-order valence-electron chi connectivity index (χ4n) is 4.91. The van der Waals surface area contributed by atoms with Crippen molar-refractivity contribution in [2.75, 3.05) is 6.54 Å². The van der Waals surface area contributed by atoms with Crippen LogP contribution in [0.5, 0.6) is 0 Å². The van der Waals surface area contributed by atoms with Crippen LogP contribution in [0.2, 0.25) is 0 Å². The van der Waals surface area contributed by atoms with Gasteiger partial charge in [-0.2, -0.15) is 0 Å². The Balaban J connectivity index is 1.53. The molecule has 0 aromatic carbocycles. The van der Waals surface area contributed by atoms with Crippen LogP contribution in [0.1, 0.15) is 64.7 Å². The molecule has 2 saturated heterocycles. The van der Waals surface area contributed by atoms with Crippen molar-refractivity contribution in [3.05, 3.63) is 0 Å². The summed E-state index contributed by atoms with van der Waals surface area (Å²) in [6.45, 7) is 3.68. The Kier molecular flexibility index (Phi) is 4.34. The van der Waals surface area contributed by atoms with Crippen molar-refractivity contribution in [1.82, 2.24) is 4.90 Å². The van der Waals surface area contributed by atoms with Gasteiger partial charge in [0.05, 0.1) is 0 Å². The first-order valence-corrected chi connectivity index (χ1v) is 8.59. The molecule has 20 heavy (non-hydrogen) atoms. The van der Waals surface area contributed by atoms with Gasteiger partial charge in [-0.05, 0) is 56.3 Å². The predicted molar refractivity (Wildman–Crippen MR) is 79.6 cm³/mol. The summed E-state index contributed by atoms with van der Waals surface area (Å²) < 4.78 is 0. The van der Waals surface area contributed by atoms with Gasteiger partial charge in [-0.3, -0.25) is 9.69 Å². The highest BCUT2D eigenvalue weighted by Gasteiger charge is 2.41. The second kappa shape index (κ2) is 6.05. The van der Waals surface area contributed by atoms with E-state index >= 15 is 0 Å². The smallest absolute Gasteiger partial charge is 0.303 e. The number of fused-ring (bicyclic) bond motifs is 2. The lowest BCUT2D eigenvalue weighted by Gasteiger charge is -2.41. The number of hydrogen-bond donors (Lipinski definition) is 1. The van der Waals surface area contributed by atoms with Gasteiger partial charge in [0.1, 0.15) is 0 Å². The zero-order chi connectivity index (χ0) is 14.1. The molecule has 0 amide bonds. The molecule has 2 aliphatic heterocycles. The number of rotatable bonds is 4. The Bertz CT molecular complexity index is 335. The van der Waals surface area contributed by atoms with Crippen molar-refractivity contribution >= 4 is 5.97 Å². The van der Waals surface area contributed by atoms with Crippen LogP contribution >= 0.6 is 0 Å². The summed E-state index contributed by atoms with van der Waals surface area (Å²) >= 11 is 0. The first-order chi connectivity index (χ1) is 9.61. The average molecular weight is 279 g/mol. The fraction of sp³-hybridized carbons (Fsp3) is 0.941. The van der Waals surface area contributed by atoms with E-state index in [0.29, 0.717) is 24.4 Å². The zero-order valence-corrected chi connectivity index (χ0v) is 12.8. The van der Waals surface area contributed by atoms with Crippen molar-refractivity contribution < 1.29 is 9.90 Å². The van der Waals surface area contributed by atoms with Crippen LogP contribution in [-0.4, -0.2) is 34.6 Å². The minimum absolute atomic E-state index is 0.391. The largest absolute Gasteiger partial charge is 0.481 e. The van der Waals surface area contributed by atoms with Crippen molar-refractivity contribution in [3.8, 4) is 0 Å². The SMILES string of the molecule is CC1CCC(CN2C3CCC2CC(CC(=O)O)C3)CC1. The van der Waals surface area contributed by atoms with Gasteiger partial charge in [0, 0.05) is 25.0 Å². The lowest BCUT2D eigenvalue weighted by molar-refractivity contribution is -0.138. The lowest BCUT2D eigenvalue weighted by atomic mass is 9.81. The third-order valence-electron chi connectivity index (χ3n) is 6.05. The molecule has 2 bridgehead atoms. The van der Waals surface area contributed by atoms with Gasteiger partial charge in [0.25, 0.3) is 0 Å². The first-order valence-electron chi connectivity index (χ1n) is 8.59. The Morgan fingerprint density at radius 2 is 1.60 bits per heavy atom. The second-order valence-electron chi connectivity index (χ2n) is 7.64. The molecular formula is C17H29NO2. The molecule has 3 nitrogen and oxygen atoms in total. The zero-order valence-electron chi connectivity index (χ0n) is 12.8. The second-order valence-corrected chi connectivity index (χ2v) is 7.64. The molecule has 1 saturated carbocycles. The third-order valence-corrected chi connectivity index (χ3v) is 6.05. The molecule has 3 fully saturated rings. The molecule has 2 unspecified atom stereocenters. The summed E-state index contributed by atoms with van der Waals surface area (Å²) in [5.41, 5.74) is 0. The molecule has 3 rings (SSSR count). The molecule has 2 heterocycles. The van der Waals surface area contributed by atoms with Gasteiger partial charge in [-0.15, -0.1) is 0 Å². The number of aliphatic carboxylic acids is 1. The van der Waals surface area contributed by atoms with Crippen molar-refractivity contribution in [2.45, 2.75) is 76.8 Å². The average Bonchev–Trinajstić information content (AvgIpc) is 2.63. The lowest BCUT2D eigenvalue weighted by Crippen LogP contribution is -2.45. The van der Waals surface area contributed by atoms with Gasteiger partial charge in [0.15, 0.2) is 0 Å². The van der Waals surface area contributed by atoms with E-state index in [4.69, 9.17) is 5.11 Å². The summed E-state index contributed by atoms with van der Waals surface area (Å²) in [6.07, 6.45) is 10.9. The minimum Gasteiger partial charge on any atom is -0.481 e. The number of carboxylic acids is 1. The van der Waals surface area contributed by atoms with E-state index in [2.05, 4.69) is 11.8 Å². The van der Waals surface area contributed by atoms with Gasteiger partial charge >= 0.3 is 5.97 Å². The molecule has 0 radical (unpaired) electrons. The normalized spacial score (nSPS) is 41.8. The highest BCUT2D eigenvalue weighted by molar-refractivity contribution is 5.67. The Morgan fingerprint density at radius 3 is 2.15 bits per heavy atom. The molecule has 1 N–H and O–H groups in total. The van der Waals surface area contributed by atoms with Gasteiger partial charge < -0.3 is 5.11 Å². The summed E-state index contributed by atoms with van der Waals surface area (Å²) in [7, 11) is 0. The van der Waals surface area contributed by atoms with Gasteiger partial charge in [-0.1, -0.05) is 19.8 Å². The third kappa shape index (κ3) is 3.19. The van der Waals surface area contributed by atoms with E-state index in [0.717, 1.165) is 24.7 Å². The molecular weight excluding hydrogens is 250 g/mol. The molecule has 1 aliphatic carbocycles. The number of piperidine rings is 1. The Labute approximate surface area is 122 Å². The number of carbonyl (C=O) groups is 1. The van der Waals surface area contributed by atoms with E-state index in [1.54, 1.807) is 0 Å². The van der Waals surface area contributed by atoms with Crippen LogP contribution in [0, 0.1) is 17.8 Å². The maximum Gasteiger partial charge on any atom is 0.303 e. The first kappa shape index (κ1) is 14.4. The maximum absolute atomic E-state index is 10.9. The standard InChI is InChI=1S/C17H29NO2/c1-12-2-4-13(5-3-12)11-18-15-6-7-16(18)9-14(8-15)10-17(19)20/h12-16H,2-11H2,1H3,(H,19,20). The minimum atomic E-state index is -0.607. The monoisotopic (exact) mass is 279 g/mol. The molecule has 0 aromatic heterocycles. The van der Waals surface area contributed by atoms with Crippen LogP contribution in [0.15, 0.2) is 0 Å². The van der Waals surface area contributed by atoms with Crippen molar-refractivity contribution in [2.24, 2.45) is 17.8 Å². The topological polar surface area (TPSA) is 40.5 Å². The summed E-state index contributed by atoms with van der Waals surface area (Å²) in [5.74, 6) is 1.67. The van der Waals surface area contributed by atoms with Crippen LogP contribution in [-0.2, 0) is 4.79 Å². The van der Waals surface area contributed by atoms with E-state index in [1.165, 1.54) is 45.1 Å². The fourth-order valence-corrected chi connectivity index (χ4v) is 4.91. The predicted octanol–water partition coefficient (Wildman–Crippen LogP) is 3.53. The summed E-state index contributed by atoms with van der Waals surface area (Å²) in [4.78, 5) is 13.7. The van der Waals surface area contributed by atoms with Gasteiger partial charge in [0.2, 0.25) is 0 Å². The van der Waals surface area contributed by atoms with Crippen LogP contribution in [0.25, 0.3) is 0 Å². The summed E-state index contributed by atoms with van der Waals surface area (Å²) in [6, 6.07) is 1.38. The maximum atomic E-state index is 10.9. The quantitative estimate of drug-likeness (QED) is 0.856. The van der Waals surface area contributed by atoms with Crippen LogP contribution in [0.4, 0.5) is 0 Å². The van der Waals surface area contributed by atoms with E-state index in [1.807, 2.05) is 0 Å². The number of nitrogens with zero attached hydrogens (tertiary/aromatic N) is 1. The molecule has 3 heteroatoms. The highest BCUT2D eigenvalue weighted by atomic mass is 16.4. The Hall–Kier alpha value is -0.570. The molecule has 0 spiro atoms.